The maximum Gasteiger partial charge on any atom is 0.126 e. The molecule has 0 aromatic carbocycles. The van der Waals surface area contributed by atoms with Gasteiger partial charge >= 0.3 is 0 Å². The molecular weight excluding hydrogens is 257 g/mol. The fourth-order valence-corrected chi connectivity index (χ4v) is 1.85. The summed E-state index contributed by atoms with van der Waals surface area (Å²) >= 11 is 2.18. The lowest BCUT2D eigenvalue weighted by Gasteiger charge is -2.15. The van der Waals surface area contributed by atoms with Crippen LogP contribution < -0.4 is 11.2 Å². The molecule has 2 aliphatic rings. The Morgan fingerprint density at radius 3 is 3.36 bits per heavy atom. The fourth-order valence-electron chi connectivity index (χ4n) is 1.18. The molecule has 0 amide bonds. The van der Waals surface area contributed by atoms with Gasteiger partial charge in [0.25, 0.3) is 0 Å². The lowest BCUT2D eigenvalue weighted by Crippen LogP contribution is -2.37. The first-order valence-corrected chi connectivity index (χ1v) is 4.29. The van der Waals surface area contributed by atoms with Crippen LogP contribution in [0.4, 0.5) is 0 Å². The molecule has 3 N–H and O–H groups in total. The van der Waals surface area contributed by atoms with Gasteiger partial charge in [-0.1, -0.05) is 0 Å². The minimum atomic E-state index is -0.130. The summed E-state index contributed by atoms with van der Waals surface area (Å²) in [7, 11) is 0. The molecule has 5 nitrogen and oxygen atoms in total. The van der Waals surface area contributed by atoms with Crippen molar-refractivity contribution in [1.29, 1.82) is 0 Å². The Balaban J connectivity index is 2.22. The molecule has 0 radical (unpaired) electrons. The van der Waals surface area contributed by atoms with Gasteiger partial charge in [0.05, 0.1) is 5.92 Å². The summed E-state index contributed by atoms with van der Waals surface area (Å²) < 4.78 is 1.94. The van der Waals surface area contributed by atoms with Crippen molar-refractivity contribution in [3.05, 3.63) is 0 Å². The zero-order valence-electron chi connectivity index (χ0n) is 5.74. The molecule has 0 aliphatic carbocycles. The molecule has 0 spiro atoms. The Morgan fingerprint density at radius 2 is 2.64 bits per heavy atom. The van der Waals surface area contributed by atoms with Crippen LogP contribution in [0.3, 0.4) is 0 Å². The second-order valence-corrected chi connectivity index (χ2v) is 3.70. The molecular formula is C5H8IN5. The fraction of sp³-hybridized carbons (Fsp3) is 0.600. The van der Waals surface area contributed by atoms with Crippen LogP contribution in [-0.4, -0.2) is 28.1 Å². The number of fused-ring (bicyclic) bond motifs is 1. The average Bonchev–Trinajstić information content (AvgIpc) is 2.31. The van der Waals surface area contributed by atoms with Gasteiger partial charge in [0, 0.05) is 29.4 Å². The molecule has 11 heavy (non-hydrogen) atoms. The van der Waals surface area contributed by atoms with E-state index in [2.05, 4.69) is 38.3 Å². The summed E-state index contributed by atoms with van der Waals surface area (Å²) in [5, 5.41) is 0. The number of nitrogens with zero attached hydrogens (tertiary/aromatic N) is 3. The summed E-state index contributed by atoms with van der Waals surface area (Å²) in [4.78, 5) is 8.08. The predicted octanol–water partition coefficient (Wildman–Crippen LogP) is -0.502. The van der Waals surface area contributed by atoms with Crippen LogP contribution >= 0.6 is 22.9 Å². The Kier molecular flexibility index (Phi) is 1.81. The molecule has 1 fully saturated rings. The lowest BCUT2D eigenvalue weighted by molar-refractivity contribution is 0.463. The maximum atomic E-state index is 5.73. The topological polar surface area (TPSA) is 66.0 Å². The molecule has 60 valence electrons. The van der Waals surface area contributed by atoms with Gasteiger partial charge in [-0.2, -0.15) is 3.22 Å². The van der Waals surface area contributed by atoms with E-state index in [-0.39, 0.29) is 12.1 Å². The van der Waals surface area contributed by atoms with Gasteiger partial charge in [0.2, 0.25) is 0 Å². The highest BCUT2D eigenvalue weighted by Crippen LogP contribution is 2.18. The number of halogens is 1. The van der Waals surface area contributed by atoms with Gasteiger partial charge in [-0.05, 0) is 0 Å². The Bertz CT molecular complexity index is 225. The molecule has 2 unspecified atom stereocenters. The molecule has 2 heterocycles. The molecule has 2 rings (SSSR count). The summed E-state index contributed by atoms with van der Waals surface area (Å²) in [6.45, 7) is 0.873. The average molecular weight is 265 g/mol. The van der Waals surface area contributed by atoms with Crippen LogP contribution in [0.25, 0.3) is 0 Å². The van der Waals surface area contributed by atoms with Crippen molar-refractivity contribution in [3.63, 3.8) is 0 Å². The SMILES string of the molecule is NC1N=CN=C2NN(I)CC21. The summed E-state index contributed by atoms with van der Waals surface area (Å²) in [5.41, 5.74) is 8.82. The van der Waals surface area contributed by atoms with Crippen LogP contribution in [0.1, 0.15) is 0 Å². The van der Waals surface area contributed by atoms with Crippen molar-refractivity contribution in [1.82, 2.24) is 8.65 Å². The zero-order valence-corrected chi connectivity index (χ0v) is 7.89. The van der Waals surface area contributed by atoms with Crippen LogP contribution in [0.5, 0.6) is 0 Å². The van der Waals surface area contributed by atoms with Gasteiger partial charge in [-0.25, -0.2) is 4.99 Å². The predicted molar refractivity (Wildman–Crippen MR) is 51.3 cm³/mol. The van der Waals surface area contributed by atoms with Gasteiger partial charge in [0.1, 0.15) is 18.3 Å². The van der Waals surface area contributed by atoms with E-state index in [1.54, 1.807) is 0 Å². The number of hydrogen-bond donors (Lipinski definition) is 2. The normalized spacial score (nSPS) is 36.4. The quantitative estimate of drug-likeness (QED) is 0.458. The number of hydrogen-bond acceptors (Lipinski definition) is 5. The van der Waals surface area contributed by atoms with Crippen molar-refractivity contribution < 1.29 is 0 Å². The van der Waals surface area contributed by atoms with E-state index in [1.807, 2.05) is 3.22 Å². The molecule has 0 saturated carbocycles. The van der Waals surface area contributed by atoms with E-state index >= 15 is 0 Å². The summed E-state index contributed by atoms with van der Waals surface area (Å²) in [5.74, 6) is 1.18. The number of nitrogens with one attached hydrogen (secondary N) is 1. The minimum absolute atomic E-state index is 0.130. The highest BCUT2D eigenvalue weighted by atomic mass is 127. The van der Waals surface area contributed by atoms with Gasteiger partial charge in [-0.3, -0.25) is 10.4 Å². The standard InChI is InChI=1S/C5H8IN5/c6-11-1-3-4(7)8-2-9-5(3)10-11/h2-4H,1,7H2,(H,8,9,10). The van der Waals surface area contributed by atoms with E-state index in [9.17, 15) is 0 Å². The third-order valence-corrected chi connectivity index (χ3v) is 2.43. The van der Waals surface area contributed by atoms with Crippen molar-refractivity contribution in [2.45, 2.75) is 6.17 Å². The Hall–Kier alpha value is -0.210. The second kappa shape index (κ2) is 2.68. The van der Waals surface area contributed by atoms with Crippen molar-refractivity contribution in [2.75, 3.05) is 6.54 Å². The highest BCUT2D eigenvalue weighted by molar-refractivity contribution is 14.1. The van der Waals surface area contributed by atoms with Crippen molar-refractivity contribution in [3.8, 4) is 0 Å². The molecule has 0 bridgehead atoms. The van der Waals surface area contributed by atoms with E-state index in [0.717, 1.165) is 12.4 Å². The Labute approximate surface area is 78.2 Å². The number of rotatable bonds is 0. The lowest BCUT2D eigenvalue weighted by atomic mass is 10.1. The van der Waals surface area contributed by atoms with E-state index in [0.29, 0.717) is 0 Å². The van der Waals surface area contributed by atoms with Crippen molar-refractivity contribution >= 4 is 35.0 Å². The van der Waals surface area contributed by atoms with Crippen LogP contribution in [0.15, 0.2) is 9.98 Å². The van der Waals surface area contributed by atoms with Crippen molar-refractivity contribution in [2.24, 2.45) is 21.6 Å². The van der Waals surface area contributed by atoms with E-state index in [1.165, 1.54) is 6.34 Å². The second-order valence-electron chi connectivity index (χ2n) is 2.53. The number of amidine groups is 1. The number of aliphatic imine (C=N–C) groups is 2. The third-order valence-electron chi connectivity index (χ3n) is 1.79. The maximum absolute atomic E-state index is 5.73. The summed E-state index contributed by atoms with van der Waals surface area (Å²) in [6.07, 6.45) is 1.38. The molecule has 2 atom stereocenters. The number of hydrazine groups is 1. The number of nitrogens with two attached hydrogens (primary N) is 1. The molecule has 0 aromatic rings. The highest BCUT2D eigenvalue weighted by Gasteiger charge is 2.33. The largest absolute Gasteiger partial charge is 0.309 e. The van der Waals surface area contributed by atoms with E-state index in [4.69, 9.17) is 5.73 Å². The zero-order chi connectivity index (χ0) is 7.84. The molecule has 0 aromatic heterocycles. The molecule has 1 saturated heterocycles. The first-order chi connectivity index (χ1) is 5.27. The van der Waals surface area contributed by atoms with Gasteiger partial charge in [-0.15, -0.1) is 0 Å². The van der Waals surface area contributed by atoms with Crippen LogP contribution in [0, 0.1) is 5.92 Å². The van der Waals surface area contributed by atoms with Gasteiger partial charge in [0.15, 0.2) is 0 Å². The van der Waals surface area contributed by atoms with Crippen LogP contribution in [-0.2, 0) is 0 Å². The summed E-state index contributed by atoms with van der Waals surface area (Å²) in [6, 6.07) is 0. The van der Waals surface area contributed by atoms with E-state index < -0.39 is 0 Å². The Morgan fingerprint density at radius 1 is 1.82 bits per heavy atom. The monoisotopic (exact) mass is 265 g/mol. The van der Waals surface area contributed by atoms with Crippen LogP contribution in [0.2, 0.25) is 0 Å². The van der Waals surface area contributed by atoms with Gasteiger partial charge < -0.3 is 5.73 Å². The third kappa shape index (κ3) is 1.25. The minimum Gasteiger partial charge on any atom is -0.309 e. The smallest absolute Gasteiger partial charge is 0.126 e. The molecule has 2 aliphatic heterocycles. The first-order valence-electron chi connectivity index (χ1n) is 3.32. The molecule has 6 heteroatoms. The first kappa shape index (κ1) is 7.44.